The van der Waals surface area contributed by atoms with Gasteiger partial charge in [-0.3, -0.25) is 0 Å². The minimum atomic E-state index is -0.968. The molecule has 1 saturated carbocycles. The van der Waals surface area contributed by atoms with Gasteiger partial charge in [-0.25, -0.2) is 9.48 Å². The summed E-state index contributed by atoms with van der Waals surface area (Å²) in [6.45, 7) is 4.31. The summed E-state index contributed by atoms with van der Waals surface area (Å²) in [4.78, 5) is 11.1. The lowest BCUT2D eigenvalue weighted by molar-refractivity contribution is 0.0690. The van der Waals surface area contributed by atoms with E-state index < -0.39 is 5.97 Å². The van der Waals surface area contributed by atoms with Gasteiger partial charge in [-0.2, -0.15) is 5.10 Å². The number of carbonyl (C=O) groups is 1. The monoisotopic (exact) mass is 270 g/mol. The van der Waals surface area contributed by atoms with E-state index in [1.807, 2.05) is 12.1 Å². The molecule has 4 heteroatoms. The van der Waals surface area contributed by atoms with E-state index in [0.29, 0.717) is 11.8 Å². The molecule has 0 radical (unpaired) electrons. The maximum Gasteiger partial charge on any atom is 0.356 e. The summed E-state index contributed by atoms with van der Waals surface area (Å²) < 4.78 is 1.78. The molecule has 3 rings (SSSR count). The second-order valence-electron chi connectivity index (χ2n) is 5.69. The van der Waals surface area contributed by atoms with E-state index in [9.17, 15) is 4.79 Å². The molecular formula is C16H18N2O2. The van der Waals surface area contributed by atoms with Crippen LogP contribution in [0.5, 0.6) is 0 Å². The van der Waals surface area contributed by atoms with E-state index in [-0.39, 0.29) is 5.69 Å². The number of aromatic carboxylic acids is 1. The molecule has 2 aromatic rings. The van der Waals surface area contributed by atoms with Crippen LogP contribution < -0.4 is 0 Å². The molecule has 0 amide bonds. The quantitative estimate of drug-likeness (QED) is 0.924. The fraction of sp³-hybridized carbons (Fsp3) is 0.375. The molecule has 0 saturated heterocycles. The molecule has 0 aliphatic heterocycles. The third-order valence-electron chi connectivity index (χ3n) is 3.76. The van der Waals surface area contributed by atoms with E-state index in [4.69, 9.17) is 5.11 Å². The highest BCUT2D eigenvalue weighted by Gasteiger charge is 2.29. The standard InChI is InChI=1S/C16H18N2O2/c1-10(2)11-5-7-13(8-6-11)18-15(12-3-4-12)9-14(17-18)16(19)20/h5-10,12H,3-4H2,1-2H3,(H,19,20). The van der Waals surface area contributed by atoms with Gasteiger partial charge in [-0.15, -0.1) is 0 Å². The van der Waals surface area contributed by atoms with Gasteiger partial charge in [0.15, 0.2) is 5.69 Å². The van der Waals surface area contributed by atoms with Crippen molar-refractivity contribution in [1.82, 2.24) is 9.78 Å². The van der Waals surface area contributed by atoms with Crippen LogP contribution in [0.1, 0.15) is 60.3 Å². The average molecular weight is 270 g/mol. The van der Waals surface area contributed by atoms with Crippen LogP contribution in [0.25, 0.3) is 5.69 Å². The first-order chi connectivity index (χ1) is 9.56. The Morgan fingerprint density at radius 3 is 2.45 bits per heavy atom. The summed E-state index contributed by atoms with van der Waals surface area (Å²) in [7, 11) is 0. The highest BCUT2D eigenvalue weighted by atomic mass is 16.4. The lowest BCUT2D eigenvalue weighted by atomic mass is 10.0. The number of benzene rings is 1. The molecule has 0 atom stereocenters. The summed E-state index contributed by atoms with van der Waals surface area (Å²) in [6, 6.07) is 9.90. The smallest absolute Gasteiger partial charge is 0.356 e. The van der Waals surface area contributed by atoms with Crippen LogP contribution in [0.2, 0.25) is 0 Å². The van der Waals surface area contributed by atoms with Crippen molar-refractivity contribution >= 4 is 5.97 Å². The zero-order chi connectivity index (χ0) is 14.3. The zero-order valence-electron chi connectivity index (χ0n) is 11.7. The molecule has 0 spiro atoms. The Kier molecular flexibility index (Phi) is 3.08. The van der Waals surface area contributed by atoms with Gasteiger partial charge in [0.1, 0.15) is 0 Å². The number of hydrogen-bond acceptors (Lipinski definition) is 2. The highest BCUT2D eigenvalue weighted by molar-refractivity contribution is 5.85. The van der Waals surface area contributed by atoms with Crippen molar-refractivity contribution in [2.75, 3.05) is 0 Å². The van der Waals surface area contributed by atoms with Crippen LogP contribution in [-0.4, -0.2) is 20.9 Å². The van der Waals surface area contributed by atoms with Gasteiger partial charge in [0.2, 0.25) is 0 Å². The predicted molar refractivity (Wildman–Crippen MR) is 76.6 cm³/mol. The minimum absolute atomic E-state index is 0.125. The average Bonchev–Trinajstić information content (AvgIpc) is 3.17. The lowest BCUT2D eigenvalue weighted by Crippen LogP contribution is -2.03. The Balaban J connectivity index is 2.01. The highest BCUT2D eigenvalue weighted by Crippen LogP contribution is 2.41. The molecule has 0 unspecified atom stereocenters. The zero-order valence-corrected chi connectivity index (χ0v) is 11.7. The third kappa shape index (κ3) is 2.33. The van der Waals surface area contributed by atoms with E-state index >= 15 is 0 Å². The van der Waals surface area contributed by atoms with Crippen LogP contribution in [0.4, 0.5) is 0 Å². The Bertz CT molecular complexity index is 637. The molecule has 4 nitrogen and oxygen atoms in total. The second kappa shape index (κ2) is 4.78. The van der Waals surface area contributed by atoms with Crippen LogP contribution in [0.15, 0.2) is 30.3 Å². The maximum absolute atomic E-state index is 11.1. The second-order valence-corrected chi connectivity index (χ2v) is 5.69. The molecule has 104 valence electrons. The topological polar surface area (TPSA) is 55.1 Å². The minimum Gasteiger partial charge on any atom is -0.476 e. The molecule has 1 aliphatic carbocycles. The lowest BCUT2D eigenvalue weighted by Gasteiger charge is -2.09. The molecule has 0 bridgehead atoms. The van der Waals surface area contributed by atoms with Gasteiger partial charge in [0.25, 0.3) is 0 Å². The molecule has 1 N–H and O–H groups in total. The maximum atomic E-state index is 11.1. The van der Waals surface area contributed by atoms with Gasteiger partial charge >= 0.3 is 5.97 Å². The van der Waals surface area contributed by atoms with Gasteiger partial charge < -0.3 is 5.11 Å². The first kappa shape index (κ1) is 12.9. The summed E-state index contributed by atoms with van der Waals surface area (Å²) in [5, 5.41) is 13.3. The molecule has 1 heterocycles. The Morgan fingerprint density at radius 2 is 1.95 bits per heavy atom. The van der Waals surface area contributed by atoms with Crippen LogP contribution >= 0.6 is 0 Å². The molecule has 1 aromatic carbocycles. The van der Waals surface area contributed by atoms with Crippen LogP contribution in [-0.2, 0) is 0 Å². The Morgan fingerprint density at radius 1 is 1.30 bits per heavy atom. The fourth-order valence-electron chi connectivity index (χ4n) is 2.38. The van der Waals surface area contributed by atoms with E-state index in [1.54, 1.807) is 10.7 Å². The van der Waals surface area contributed by atoms with Crippen molar-refractivity contribution in [3.05, 3.63) is 47.3 Å². The molecule has 1 fully saturated rings. The summed E-state index contributed by atoms with van der Waals surface area (Å²) in [6.07, 6.45) is 2.24. The van der Waals surface area contributed by atoms with E-state index in [2.05, 4.69) is 31.1 Å². The molecular weight excluding hydrogens is 252 g/mol. The van der Waals surface area contributed by atoms with E-state index in [1.165, 1.54) is 5.56 Å². The summed E-state index contributed by atoms with van der Waals surface area (Å²) in [5.41, 5.74) is 3.34. The normalized spacial score (nSPS) is 14.8. The molecule has 1 aromatic heterocycles. The van der Waals surface area contributed by atoms with Crippen LogP contribution in [0, 0.1) is 0 Å². The van der Waals surface area contributed by atoms with Crippen molar-refractivity contribution in [2.45, 2.75) is 38.5 Å². The van der Waals surface area contributed by atoms with Crippen molar-refractivity contribution in [2.24, 2.45) is 0 Å². The number of nitrogens with zero attached hydrogens (tertiary/aromatic N) is 2. The van der Waals surface area contributed by atoms with Crippen molar-refractivity contribution in [1.29, 1.82) is 0 Å². The van der Waals surface area contributed by atoms with Gasteiger partial charge in [-0.05, 0) is 42.5 Å². The predicted octanol–water partition coefficient (Wildman–Crippen LogP) is 3.57. The first-order valence-corrected chi connectivity index (χ1v) is 7.00. The van der Waals surface area contributed by atoms with Crippen molar-refractivity contribution in [3.63, 3.8) is 0 Å². The third-order valence-corrected chi connectivity index (χ3v) is 3.76. The summed E-state index contributed by atoms with van der Waals surface area (Å²) >= 11 is 0. The number of hydrogen-bond donors (Lipinski definition) is 1. The number of rotatable bonds is 4. The largest absolute Gasteiger partial charge is 0.476 e. The van der Waals surface area contributed by atoms with Crippen LogP contribution in [0.3, 0.4) is 0 Å². The van der Waals surface area contributed by atoms with Crippen molar-refractivity contribution < 1.29 is 9.90 Å². The number of aromatic nitrogens is 2. The Hall–Kier alpha value is -2.10. The SMILES string of the molecule is CC(C)c1ccc(-n2nc(C(=O)O)cc2C2CC2)cc1. The number of carboxylic acids is 1. The fourth-order valence-corrected chi connectivity index (χ4v) is 2.38. The Labute approximate surface area is 118 Å². The van der Waals surface area contributed by atoms with Crippen molar-refractivity contribution in [3.8, 4) is 5.69 Å². The molecule has 1 aliphatic rings. The van der Waals surface area contributed by atoms with Gasteiger partial charge in [0.05, 0.1) is 5.69 Å². The van der Waals surface area contributed by atoms with E-state index in [0.717, 1.165) is 24.2 Å². The number of carboxylic acid groups (broad SMARTS) is 1. The van der Waals surface area contributed by atoms with Gasteiger partial charge in [-0.1, -0.05) is 26.0 Å². The summed E-state index contributed by atoms with van der Waals surface area (Å²) in [5.74, 6) is -0.0241. The first-order valence-electron chi connectivity index (χ1n) is 7.00. The molecule has 20 heavy (non-hydrogen) atoms. The van der Waals surface area contributed by atoms with Gasteiger partial charge in [0, 0.05) is 11.6 Å².